The lowest BCUT2D eigenvalue weighted by atomic mass is 10.3. The Morgan fingerprint density at radius 2 is 1.60 bits per heavy atom. The summed E-state index contributed by atoms with van der Waals surface area (Å²) in [7, 11) is 2.80. The second-order valence-electron chi connectivity index (χ2n) is 2.79. The van der Waals surface area contributed by atoms with Gasteiger partial charge in [0.15, 0.2) is 12.4 Å². The molecule has 0 amide bonds. The van der Waals surface area contributed by atoms with Gasteiger partial charge in [-0.25, -0.2) is 0 Å². The average Bonchev–Trinajstić information content (AvgIpc) is 2.14. The predicted octanol–water partition coefficient (Wildman–Crippen LogP) is 0.100. The zero-order valence-corrected chi connectivity index (χ0v) is 9.31. The zero-order chi connectivity index (χ0) is 11.8. The molecule has 0 fully saturated rings. The maximum absolute atomic E-state index is 10.8. The summed E-state index contributed by atoms with van der Waals surface area (Å²) >= 11 is 0. The predicted molar refractivity (Wildman–Crippen MR) is 50.0 cm³/mol. The van der Waals surface area contributed by atoms with Gasteiger partial charge in [-0.2, -0.15) is 0 Å². The normalized spacial score (nSPS) is 12.3. The van der Waals surface area contributed by atoms with Gasteiger partial charge in [0.25, 0.3) is 0 Å². The molecule has 0 rings (SSSR count). The van der Waals surface area contributed by atoms with Crippen LogP contribution in [0.5, 0.6) is 0 Å². The van der Waals surface area contributed by atoms with Gasteiger partial charge in [-0.3, -0.25) is 9.59 Å². The van der Waals surface area contributed by atoms with E-state index >= 15 is 0 Å². The first-order chi connectivity index (χ1) is 7.01. The highest BCUT2D eigenvalue weighted by atomic mass is 16.7. The van der Waals surface area contributed by atoms with E-state index in [0.717, 1.165) is 0 Å². The van der Waals surface area contributed by atoms with Crippen LogP contribution in [0, 0.1) is 0 Å². The minimum atomic E-state index is -0.763. The summed E-state index contributed by atoms with van der Waals surface area (Å²) in [4.78, 5) is 21.4. The van der Waals surface area contributed by atoms with Crippen LogP contribution >= 0.6 is 0 Å². The summed E-state index contributed by atoms with van der Waals surface area (Å²) in [6.07, 6.45) is -1.52. The van der Waals surface area contributed by atoms with Crippen molar-refractivity contribution in [1.82, 2.24) is 0 Å². The number of methoxy groups -OCH3 is 2. The van der Waals surface area contributed by atoms with Crippen LogP contribution in [0.15, 0.2) is 0 Å². The van der Waals surface area contributed by atoms with E-state index in [-0.39, 0.29) is 6.61 Å². The van der Waals surface area contributed by atoms with Gasteiger partial charge in [-0.15, -0.1) is 0 Å². The highest BCUT2D eigenvalue weighted by Gasteiger charge is 2.25. The molecule has 0 aromatic carbocycles. The number of hydrogen-bond acceptors (Lipinski definition) is 6. The Bertz CT molecular complexity index is 211. The molecule has 6 heteroatoms. The van der Waals surface area contributed by atoms with Crippen LogP contribution in [0.3, 0.4) is 0 Å². The molecule has 0 spiro atoms. The molecule has 0 aromatic rings. The molecule has 15 heavy (non-hydrogen) atoms. The molecule has 0 aliphatic rings. The molecule has 0 aliphatic carbocycles. The lowest BCUT2D eigenvalue weighted by Gasteiger charge is -2.23. The van der Waals surface area contributed by atoms with Crippen molar-refractivity contribution in [3.8, 4) is 0 Å². The number of hydrogen-bond donors (Lipinski definition) is 0. The van der Waals surface area contributed by atoms with Gasteiger partial charge >= 0.3 is 11.9 Å². The van der Waals surface area contributed by atoms with E-state index in [9.17, 15) is 9.59 Å². The Kier molecular flexibility index (Phi) is 6.64. The summed E-state index contributed by atoms with van der Waals surface area (Å²) in [6.45, 7) is 2.42. The number of carbonyl (C=O) groups is 2. The van der Waals surface area contributed by atoms with Gasteiger partial charge in [0.2, 0.25) is 0 Å². The van der Waals surface area contributed by atoms with E-state index in [2.05, 4.69) is 0 Å². The molecule has 0 saturated carbocycles. The Morgan fingerprint density at radius 1 is 1.07 bits per heavy atom. The van der Waals surface area contributed by atoms with Crippen LogP contribution in [0.1, 0.15) is 13.8 Å². The minimum Gasteiger partial charge on any atom is -0.462 e. The largest absolute Gasteiger partial charge is 0.462 e. The lowest BCUT2D eigenvalue weighted by molar-refractivity contribution is -0.201. The number of rotatable bonds is 6. The van der Waals surface area contributed by atoms with Crippen molar-refractivity contribution in [2.45, 2.75) is 26.2 Å². The van der Waals surface area contributed by atoms with Crippen LogP contribution in [0.25, 0.3) is 0 Å². The third-order valence-corrected chi connectivity index (χ3v) is 1.54. The molecule has 0 aromatic heterocycles. The maximum atomic E-state index is 10.8. The molecule has 0 radical (unpaired) electrons. The van der Waals surface area contributed by atoms with Gasteiger partial charge in [0, 0.05) is 28.1 Å². The summed E-state index contributed by atoms with van der Waals surface area (Å²) in [5.74, 6) is -0.954. The fraction of sp³-hybridized carbons (Fsp3) is 0.778. The molecule has 6 nitrogen and oxygen atoms in total. The van der Waals surface area contributed by atoms with E-state index in [4.69, 9.17) is 18.9 Å². The van der Waals surface area contributed by atoms with Crippen LogP contribution in [-0.2, 0) is 28.5 Å². The van der Waals surface area contributed by atoms with Crippen LogP contribution < -0.4 is 0 Å². The van der Waals surface area contributed by atoms with Crippen molar-refractivity contribution in [2.75, 3.05) is 20.8 Å². The van der Waals surface area contributed by atoms with Gasteiger partial charge in [0.05, 0.1) is 0 Å². The van der Waals surface area contributed by atoms with Crippen molar-refractivity contribution in [2.24, 2.45) is 0 Å². The SMILES string of the molecule is COC(OC)[C@@H](COC(C)=O)OC(C)=O. The molecule has 0 saturated heterocycles. The van der Waals surface area contributed by atoms with Gasteiger partial charge in [-0.1, -0.05) is 0 Å². The second-order valence-corrected chi connectivity index (χ2v) is 2.79. The maximum Gasteiger partial charge on any atom is 0.303 e. The first kappa shape index (κ1) is 13.9. The van der Waals surface area contributed by atoms with E-state index in [1.165, 1.54) is 28.1 Å². The summed E-state index contributed by atoms with van der Waals surface area (Å²) < 4.78 is 19.4. The van der Waals surface area contributed by atoms with E-state index in [1.54, 1.807) is 0 Å². The molecule has 0 unspecified atom stereocenters. The van der Waals surface area contributed by atoms with Gasteiger partial charge in [0.1, 0.15) is 6.61 Å². The van der Waals surface area contributed by atoms with Crippen molar-refractivity contribution < 1.29 is 28.5 Å². The first-order valence-corrected chi connectivity index (χ1v) is 4.37. The van der Waals surface area contributed by atoms with E-state index in [1.807, 2.05) is 0 Å². The van der Waals surface area contributed by atoms with Gasteiger partial charge < -0.3 is 18.9 Å². The molecule has 88 valence electrons. The monoisotopic (exact) mass is 220 g/mol. The summed E-state index contributed by atoms with van der Waals surface area (Å²) in [6, 6.07) is 0. The van der Waals surface area contributed by atoms with Crippen LogP contribution in [0.4, 0.5) is 0 Å². The molecule has 1 atom stereocenters. The Hall–Kier alpha value is -1.14. The van der Waals surface area contributed by atoms with E-state index < -0.39 is 24.3 Å². The lowest BCUT2D eigenvalue weighted by Crippen LogP contribution is -2.38. The third kappa shape index (κ3) is 6.03. The smallest absolute Gasteiger partial charge is 0.303 e. The fourth-order valence-corrected chi connectivity index (χ4v) is 0.981. The molecule has 0 aliphatic heterocycles. The van der Waals surface area contributed by atoms with Crippen LogP contribution in [0.2, 0.25) is 0 Å². The Morgan fingerprint density at radius 3 is 1.93 bits per heavy atom. The zero-order valence-electron chi connectivity index (χ0n) is 9.31. The Labute approximate surface area is 88.4 Å². The topological polar surface area (TPSA) is 71.1 Å². The standard InChI is InChI=1S/C9H16O6/c1-6(10)14-5-8(15-7(2)11)9(12-3)13-4/h8-9H,5H2,1-4H3/t8-/m1/s1. The summed E-state index contributed by atoms with van der Waals surface area (Å²) in [5, 5.41) is 0. The van der Waals surface area contributed by atoms with Gasteiger partial charge in [-0.05, 0) is 0 Å². The number of ether oxygens (including phenoxy) is 4. The molecular formula is C9H16O6. The Balaban J connectivity index is 4.27. The minimum absolute atomic E-state index is 0.0960. The first-order valence-electron chi connectivity index (χ1n) is 4.37. The molecule has 0 N–H and O–H groups in total. The highest BCUT2D eigenvalue weighted by molar-refractivity contribution is 5.67. The van der Waals surface area contributed by atoms with Crippen molar-refractivity contribution in [1.29, 1.82) is 0 Å². The average molecular weight is 220 g/mol. The quantitative estimate of drug-likeness (QED) is 0.467. The molecule has 0 heterocycles. The van der Waals surface area contributed by atoms with Crippen LogP contribution in [-0.4, -0.2) is 45.2 Å². The third-order valence-electron chi connectivity index (χ3n) is 1.54. The van der Waals surface area contributed by atoms with E-state index in [0.29, 0.717) is 0 Å². The van der Waals surface area contributed by atoms with Crippen molar-refractivity contribution >= 4 is 11.9 Å². The summed E-state index contributed by atoms with van der Waals surface area (Å²) in [5.41, 5.74) is 0. The molecule has 0 bridgehead atoms. The number of esters is 2. The fourth-order valence-electron chi connectivity index (χ4n) is 0.981. The highest BCUT2D eigenvalue weighted by Crippen LogP contribution is 2.06. The second kappa shape index (κ2) is 7.19. The number of carbonyl (C=O) groups excluding carboxylic acids is 2. The van der Waals surface area contributed by atoms with Crippen molar-refractivity contribution in [3.63, 3.8) is 0 Å². The van der Waals surface area contributed by atoms with Crippen molar-refractivity contribution in [3.05, 3.63) is 0 Å². The molecular weight excluding hydrogens is 204 g/mol.